The Labute approximate surface area is 103 Å². The number of nitrogens with one attached hydrogen (secondary N) is 2. The minimum atomic E-state index is -3.18. The summed E-state index contributed by atoms with van der Waals surface area (Å²) in [5.41, 5.74) is 0. The Balaban J connectivity index is 2.09. The van der Waals surface area contributed by atoms with E-state index in [1.807, 2.05) is 13.8 Å². The fourth-order valence-corrected chi connectivity index (χ4v) is 2.68. The number of carbonyl (C=O) groups excluding carboxylic acids is 1. The lowest BCUT2D eigenvalue weighted by molar-refractivity contribution is -0.122. The van der Waals surface area contributed by atoms with E-state index in [0.717, 1.165) is 12.8 Å². The minimum Gasteiger partial charge on any atom is -0.355 e. The zero-order chi connectivity index (χ0) is 12.9. The van der Waals surface area contributed by atoms with Gasteiger partial charge < -0.3 is 5.32 Å². The molecule has 0 atom stereocenters. The molecule has 0 radical (unpaired) electrons. The van der Waals surface area contributed by atoms with Gasteiger partial charge in [0.15, 0.2) is 0 Å². The van der Waals surface area contributed by atoms with Gasteiger partial charge in [0.1, 0.15) is 0 Å². The molecule has 0 aromatic rings. The summed E-state index contributed by atoms with van der Waals surface area (Å²) in [6.45, 7) is 4.63. The Morgan fingerprint density at radius 1 is 1.29 bits per heavy atom. The quantitative estimate of drug-likeness (QED) is 0.625. The highest BCUT2D eigenvalue weighted by Gasteiger charge is 2.29. The predicted octanol–water partition coefficient (Wildman–Crippen LogP) is 0.478. The summed E-state index contributed by atoms with van der Waals surface area (Å²) < 4.78 is 25.5. The van der Waals surface area contributed by atoms with Gasteiger partial charge in [0.2, 0.25) is 15.9 Å². The summed E-state index contributed by atoms with van der Waals surface area (Å²) in [5.74, 6) is 0.751. The zero-order valence-electron chi connectivity index (χ0n) is 10.5. The highest BCUT2D eigenvalue weighted by Crippen LogP contribution is 2.28. The summed E-state index contributed by atoms with van der Waals surface area (Å²) >= 11 is 0. The van der Waals surface area contributed by atoms with E-state index >= 15 is 0 Å². The highest BCUT2D eigenvalue weighted by atomic mass is 32.2. The van der Waals surface area contributed by atoms with Gasteiger partial charge in [-0.05, 0) is 25.2 Å². The van der Waals surface area contributed by atoms with Crippen LogP contribution in [0, 0.1) is 11.8 Å². The number of rotatable bonds is 8. The van der Waals surface area contributed by atoms with Crippen molar-refractivity contribution in [3.8, 4) is 0 Å². The maximum atomic E-state index is 11.5. The standard InChI is InChI=1S/C11H22N2O3S/c1-9(2)5-8-17(15,16)13-7-6-12-11(14)10-3-4-10/h9-10,13H,3-8H2,1-2H3,(H,12,14). The van der Waals surface area contributed by atoms with Gasteiger partial charge >= 0.3 is 0 Å². The van der Waals surface area contributed by atoms with Crippen LogP contribution in [0.3, 0.4) is 0 Å². The largest absolute Gasteiger partial charge is 0.355 e. The van der Waals surface area contributed by atoms with Crippen LogP contribution in [0.4, 0.5) is 0 Å². The summed E-state index contributed by atoms with van der Waals surface area (Å²) in [7, 11) is -3.18. The second-order valence-electron chi connectivity index (χ2n) is 4.96. The fourth-order valence-electron chi connectivity index (χ4n) is 1.35. The second-order valence-corrected chi connectivity index (χ2v) is 6.89. The molecule has 0 aromatic carbocycles. The van der Waals surface area contributed by atoms with E-state index < -0.39 is 10.0 Å². The van der Waals surface area contributed by atoms with Crippen molar-refractivity contribution in [3.05, 3.63) is 0 Å². The van der Waals surface area contributed by atoms with Crippen molar-refractivity contribution in [2.45, 2.75) is 33.1 Å². The van der Waals surface area contributed by atoms with Crippen molar-refractivity contribution in [2.75, 3.05) is 18.8 Å². The third-order valence-electron chi connectivity index (χ3n) is 2.66. The molecule has 1 rings (SSSR count). The maximum absolute atomic E-state index is 11.5. The number of carbonyl (C=O) groups is 1. The van der Waals surface area contributed by atoms with E-state index in [4.69, 9.17) is 0 Å². The summed E-state index contributed by atoms with van der Waals surface area (Å²) in [4.78, 5) is 11.3. The van der Waals surface area contributed by atoms with Crippen LogP contribution in [0.25, 0.3) is 0 Å². The van der Waals surface area contributed by atoms with Gasteiger partial charge in [0, 0.05) is 19.0 Å². The third kappa shape index (κ3) is 6.63. The average Bonchev–Trinajstić information content (AvgIpc) is 3.05. The molecule has 6 heteroatoms. The summed E-state index contributed by atoms with van der Waals surface area (Å²) in [6, 6.07) is 0. The molecule has 0 aliphatic heterocycles. The monoisotopic (exact) mass is 262 g/mol. The van der Waals surface area contributed by atoms with Crippen molar-refractivity contribution >= 4 is 15.9 Å². The molecule has 1 amide bonds. The summed E-state index contributed by atoms with van der Waals surface area (Å²) in [5, 5.41) is 2.72. The molecule has 2 N–H and O–H groups in total. The predicted molar refractivity (Wildman–Crippen MR) is 67.0 cm³/mol. The molecule has 1 aliphatic rings. The molecule has 100 valence electrons. The molecule has 1 aliphatic carbocycles. The van der Waals surface area contributed by atoms with Gasteiger partial charge in [-0.2, -0.15) is 0 Å². The highest BCUT2D eigenvalue weighted by molar-refractivity contribution is 7.89. The number of sulfonamides is 1. The van der Waals surface area contributed by atoms with E-state index in [2.05, 4.69) is 10.0 Å². The molecular formula is C11H22N2O3S. The molecule has 0 bridgehead atoms. The first-order chi connectivity index (χ1) is 7.91. The van der Waals surface area contributed by atoms with Crippen LogP contribution in [0.1, 0.15) is 33.1 Å². The Hall–Kier alpha value is -0.620. The number of amides is 1. The SMILES string of the molecule is CC(C)CCS(=O)(=O)NCCNC(=O)C1CC1. The molecule has 5 nitrogen and oxygen atoms in total. The summed E-state index contributed by atoms with van der Waals surface area (Å²) in [6.07, 6.45) is 2.58. The first kappa shape index (κ1) is 14.4. The van der Waals surface area contributed by atoms with Gasteiger partial charge in [0.05, 0.1) is 5.75 Å². The first-order valence-electron chi connectivity index (χ1n) is 6.16. The minimum absolute atomic E-state index is 0.0476. The van der Waals surface area contributed by atoms with E-state index in [0.29, 0.717) is 18.9 Å². The molecular weight excluding hydrogens is 240 g/mol. The Morgan fingerprint density at radius 2 is 1.94 bits per heavy atom. The topological polar surface area (TPSA) is 75.3 Å². The van der Waals surface area contributed by atoms with Crippen LogP contribution in [-0.4, -0.2) is 33.2 Å². The Morgan fingerprint density at radius 3 is 2.47 bits per heavy atom. The van der Waals surface area contributed by atoms with Gasteiger partial charge in [-0.25, -0.2) is 13.1 Å². The van der Waals surface area contributed by atoms with Crippen molar-refractivity contribution in [3.63, 3.8) is 0 Å². The Bertz CT molecular complexity index is 348. The molecule has 0 aromatic heterocycles. The van der Waals surface area contributed by atoms with Crippen LogP contribution in [0.15, 0.2) is 0 Å². The lowest BCUT2D eigenvalue weighted by atomic mass is 10.2. The van der Waals surface area contributed by atoms with E-state index in [1.165, 1.54) is 0 Å². The van der Waals surface area contributed by atoms with Gasteiger partial charge in [-0.15, -0.1) is 0 Å². The molecule has 0 unspecified atom stereocenters. The van der Waals surface area contributed by atoms with Crippen LogP contribution in [0.5, 0.6) is 0 Å². The van der Waals surface area contributed by atoms with Crippen LogP contribution in [-0.2, 0) is 14.8 Å². The number of hydrogen-bond donors (Lipinski definition) is 2. The van der Waals surface area contributed by atoms with Crippen molar-refractivity contribution in [1.29, 1.82) is 0 Å². The first-order valence-corrected chi connectivity index (χ1v) is 7.81. The van der Waals surface area contributed by atoms with E-state index in [9.17, 15) is 13.2 Å². The third-order valence-corrected chi connectivity index (χ3v) is 4.08. The number of hydrogen-bond acceptors (Lipinski definition) is 3. The molecule has 0 saturated heterocycles. The van der Waals surface area contributed by atoms with Crippen LogP contribution >= 0.6 is 0 Å². The average molecular weight is 262 g/mol. The van der Waals surface area contributed by atoms with E-state index in [1.54, 1.807) is 0 Å². The van der Waals surface area contributed by atoms with Crippen molar-refractivity contribution < 1.29 is 13.2 Å². The van der Waals surface area contributed by atoms with Gasteiger partial charge in [-0.1, -0.05) is 13.8 Å². The van der Waals surface area contributed by atoms with Crippen molar-refractivity contribution in [1.82, 2.24) is 10.0 Å². The zero-order valence-corrected chi connectivity index (χ0v) is 11.3. The molecule has 17 heavy (non-hydrogen) atoms. The molecule has 0 spiro atoms. The lowest BCUT2D eigenvalue weighted by Crippen LogP contribution is -2.36. The molecule has 0 heterocycles. The van der Waals surface area contributed by atoms with E-state index in [-0.39, 0.29) is 24.1 Å². The normalized spacial score (nSPS) is 16.2. The lowest BCUT2D eigenvalue weighted by Gasteiger charge is -2.08. The van der Waals surface area contributed by atoms with Gasteiger partial charge in [-0.3, -0.25) is 4.79 Å². The smallest absolute Gasteiger partial charge is 0.223 e. The van der Waals surface area contributed by atoms with Crippen molar-refractivity contribution in [2.24, 2.45) is 11.8 Å². The molecule has 1 fully saturated rings. The van der Waals surface area contributed by atoms with Crippen LogP contribution < -0.4 is 10.0 Å². The fraction of sp³-hybridized carbons (Fsp3) is 0.909. The maximum Gasteiger partial charge on any atom is 0.223 e. The van der Waals surface area contributed by atoms with Crippen LogP contribution in [0.2, 0.25) is 0 Å². The Kier molecular flexibility index (Phi) is 5.39. The second kappa shape index (κ2) is 6.35. The molecule has 1 saturated carbocycles. The van der Waals surface area contributed by atoms with Gasteiger partial charge in [0.25, 0.3) is 0 Å².